The molecule has 0 bridgehead atoms. The first-order chi connectivity index (χ1) is 34.6. The molecule has 0 saturated carbocycles. The highest BCUT2D eigenvalue weighted by molar-refractivity contribution is 7.91. The predicted molar refractivity (Wildman–Crippen MR) is 284 cm³/mol. The molecule has 348 valence electrons. The van der Waals surface area contributed by atoms with Crippen LogP contribution >= 0.6 is 0 Å². The monoisotopic (exact) mass is 950 g/mol. The van der Waals surface area contributed by atoms with E-state index in [1.165, 1.54) is 0 Å². The van der Waals surface area contributed by atoms with Crippen molar-refractivity contribution in [1.82, 2.24) is 0 Å². The van der Waals surface area contributed by atoms with Crippen molar-refractivity contribution < 1.29 is 27.4 Å². The highest BCUT2D eigenvalue weighted by Crippen LogP contribution is 2.51. The summed E-state index contributed by atoms with van der Waals surface area (Å²) in [5.41, 5.74) is 30.8. The topological polar surface area (TPSA) is 175 Å². The van der Waals surface area contributed by atoms with Gasteiger partial charge in [0.1, 0.15) is 46.0 Å². The van der Waals surface area contributed by atoms with E-state index >= 15 is 8.42 Å². The Morgan fingerprint density at radius 1 is 0.268 bits per heavy atom. The maximum absolute atomic E-state index is 16.4. The van der Waals surface area contributed by atoms with Crippen LogP contribution in [0, 0.1) is 0 Å². The molecule has 10 nitrogen and oxygen atoms in total. The van der Waals surface area contributed by atoms with Crippen LogP contribution in [0.5, 0.6) is 46.0 Å². The van der Waals surface area contributed by atoms with Gasteiger partial charge in [-0.2, -0.15) is 0 Å². The molecule has 10 aromatic rings. The number of nitrogens with two attached hydrogens (primary N) is 4. The molecule has 0 fully saturated rings. The summed E-state index contributed by atoms with van der Waals surface area (Å²) in [6, 6.07) is 68.4. The van der Waals surface area contributed by atoms with Crippen molar-refractivity contribution in [2.24, 2.45) is 0 Å². The van der Waals surface area contributed by atoms with Crippen LogP contribution in [0.3, 0.4) is 0 Å². The number of hydrogen-bond acceptors (Lipinski definition) is 10. The van der Waals surface area contributed by atoms with Gasteiger partial charge in [-0.05, 0) is 120 Å². The normalized spacial score (nSPS) is 11.2. The van der Waals surface area contributed by atoms with Crippen LogP contribution in [-0.4, -0.2) is 8.42 Å². The van der Waals surface area contributed by atoms with Gasteiger partial charge in [0.15, 0.2) is 0 Å². The SMILES string of the molecule is Nc1ccc(Oc2ccccc2-c2cccc(S(=O)(=O)c3cccc(-c4ccccc4Oc4ccc(N)cc4)c3-c3ccccc3Oc3cccc(N)c3)c2-c2ccccc2Oc2cccc(N)c2)cc1. The van der Waals surface area contributed by atoms with Crippen molar-refractivity contribution in [3.63, 3.8) is 0 Å². The summed E-state index contributed by atoms with van der Waals surface area (Å²) in [5.74, 6) is 3.78. The van der Waals surface area contributed by atoms with Crippen LogP contribution in [0.25, 0.3) is 44.5 Å². The van der Waals surface area contributed by atoms with Gasteiger partial charge in [-0.3, -0.25) is 0 Å². The third kappa shape index (κ3) is 9.66. The predicted octanol–water partition coefficient (Wildman–Crippen LogP) is 14.7. The molecular weight excluding hydrogens is 905 g/mol. The molecular formula is C60H46N4O6S. The van der Waals surface area contributed by atoms with E-state index in [9.17, 15) is 0 Å². The minimum atomic E-state index is -4.56. The van der Waals surface area contributed by atoms with Gasteiger partial charge in [0.25, 0.3) is 0 Å². The number of rotatable bonds is 14. The third-order valence-corrected chi connectivity index (χ3v) is 13.5. The third-order valence-electron chi connectivity index (χ3n) is 11.7. The molecule has 10 aromatic carbocycles. The van der Waals surface area contributed by atoms with E-state index in [0.717, 1.165) is 0 Å². The number of para-hydroxylation sites is 4. The molecule has 0 atom stereocenters. The van der Waals surface area contributed by atoms with Gasteiger partial charge in [0, 0.05) is 68.3 Å². The molecule has 0 unspecified atom stereocenters. The quantitative estimate of drug-likeness (QED) is 0.0768. The van der Waals surface area contributed by atoms with E-state index in [1.54, 1.807) is 133 Å². The highest BCUT2D eigenvalue weighted by Gasteiger charge is 2.32. The second-order valence-electron chi connectivity index (χ2n) is 16.5. The van der Waals surface area contributed by atoms with Gasteiger partial charge >= 0.3 is 0 Å². The Bertz CT molecular complexity index is 3440. The molecule has 8 N–H and O–H groups in total. The maximum atomic E-state index is 16.4. The Labute approximate surface area is 411 Å². The first-order valence-corrected chi connectivity index (χ1v) is 24.1. The van der Waals surface area contributed by atoms with Gasteiger partial charge in [0.05, 0.1) is 9.79 Å². The molecule has 0 aliphatic carbocycles. The summed E-state index contributed by atoms with van der Waals surface area (Å²) in [5, 5.41) is 0. The van der Waals surface area contributed by atoms with Crippen LogP contribution in [0.4, 0.5) is 22.7 Å². The summed E-state index contributed by atoms with van der Waals surface area (Å²) >= 11 is 0. The molecule has 0 radical (unpaired) electrons. The lowest BCUT2D eigenvalue weighted by molar-refractivity contribution is 0.483. The lowest BCUT2D eigenvalue weighted by atomic mass is 9.93. The number of benzene rings is 10. The Kier molecular flexibility index (Phi) is 12.5. The van der Waals surface area contributed by atoms with Crippen LogP contribution in [0.2, 0.25) is 0 Å². The molecule has 0 aliphatic heterocycles. The van der Waals surface area contributed by atoms with Crippen molar-refractivity contribution in [2.75, 3.05) is 22.9 Å². The number of hydrogen-bond donors (Lipinski definition) is 4. The molecule has 0 saturated heterocycles. The van der Waals surface area contributed by atoms with Crippen molar-refractivity contribution in [1.29, 1.82) is 0 Å². The van der Waals surface area contributed by atoms with Crippen molar-refractivity contribution in [3.8, 4) is 90.5 Å². The fraction of sp³-hybridized carbons (Fsp3) is 0. The van der Waals surface area contributed by atoms with Gasteiger partial charge in [-0.15, -0.1) is 0 Å². The molecule has 0 aromatic heterocycles. The van der Waals surface area contributed by atoms with Crippen LogP contribution in [0.1, 0.15) is 0 Å². The number of sulfone groups is 1. The van der Waals surface area contributed by atoms with Gasteiger partial charge in [0.2, 0.25) is 9.84 Å². The lowest BCUT2D eigenvalue weighted by Crippen LogP contribution is -2.09. The second-order valence-corrected chi connectivity index (χ2v) is 18.4. The molecule has 0 spiro atoms. The molecule has 11 heteroatoms. The molecule has 0 amide bonds. The Balaban J connectivity index is 1.24. The summed E-state index contributed by atoms with van der Waals surface area (Å²) in [6.45, 7) is 0. The lowest BCUT2D eigenvalue weighted by Gasteiger charge is -2.23. The molecule has 0 aliphatic rings. The van der Waals surface area contributed by atoms with Crippen LogP contribution in [-0.2, 0) is 9.84 Å². The zero-order chi connectivity index (χ0) is 48.9. The van der Waals surface area contributed by atoms with E-state index in [0.29, 0.717) is 113 Å². The molecule has 10 rings (SSSR count). The van der Waals surface area contributed by atoms with Crippen LogP contribution in [0.15, 0.2) is 240 Å². The van der Waals surface area contributed by atoms with E-state index in [-0.39, 0.29) is 9.79 Å². The number of anilines is 4. The van der Waals surface area contributed by atoms with E-state index < -0.39 is 9.84 Å². The minimum Gasteiger partial charge on any atom is -0.457 e. The van der Waals surface area contributed by atoms with Gasteiger partial charge in [-0.1, -0.05) is 109 Å². The fourth-order valence-electron chi connectivity index (χ4n) is 8.45. The zero-order valence-electron chi connectivity index (χ0n) is 38.1. The first-order valence-electron chi connectivity index (χ1n) is 22.6. The maximum Gasteiger partial charge on any atom is 0.207 e. The smallest absolute Gasteiger partial charge is 0.207 e. The summed E-state index contributed by atoms with van der Waals surface area (Å²) < 4.78 is 59.1. The Hall–Kier alpha value is -9.45. The van der Waals surface area contributed by atoms with Crippen molar-refractivity contribution in [2.45, 2.75) is 9.79 Å². The largest absolute Gasteiger partial charge is 0.457 e. The highest BCUT2D eigenvalue weighted by atomic mass is 32.2. The fourth-order valence-corrected chi connectivity index (χ4v) is 10.2. The number of ether oxygens (including phenoxy) is 4. The summed E-state index contributed by atoms with van der Waals surface area (Å²) in [7, 11) is -4.56. The van der Waals surface area contributed by atoms with Crippen LogP contribution < -0.4 is 41.9 Å². The standard InChI is InChI=1S/C60H46N4O6S/c61-39-29-33-43(34-30-39)67-53-23-5-1-17-47(53)49-21-11-27-57(59(49)51-19-3-7-25-55(51)69-45-15-9-13-41(63)37-45)71(65,66)58-28-12-22-50(48-18-2-6-24-54(48)68-44-35-31-40(62)32-36-44)60(58)52-20-4-8-26-56(52)70-46-16-10-14-42(64)38-46/h1-38H,61-64H2. The van der Waals surface area contributed by atoms with E-state index in [1.807, 2.05) is 97.1 Å². The van der Waals surface area contributed by atoms with Gasteiger partial charge in [-0.25, -0.2) is 8.42 Å². The van der Waals surface area contributed by atoms with Gasteiger partial charge < -0.3 is 41.9 Å². The molecule has 71 heavy (non-hydrogen) atoms. The zero-order valence-corrected chi connectivity index (χ0v) is 38.9. The Morgan fingerprint density at radius 3 is 0.958 bits per heavy atom. The minimum absolute atomic E-state index is 0.0000415. The molecule has 0 heterocycles. The Morgan fingerprint density at radius 2 is 0.577 bits per heavy atom. The summed E-state index contributed by atoms with van der Waals surface area (Å²) in [4.78, 5) is -0.0000830. The van der Waals surface area contributed by atoms with E-state index in [4.69, 9.17) is 41.9 Å². The second kappa shape index (κ2) is 19.6. The van der Waals surface area contributed by atoms with Crippen molar-refractivity contribution in [3.05, 3.63) is 231 Å². The average Bonchev–Trinajstić information content (AvgIpc) is 3.38. The number of nitrogen functional groups attached to an aromatic ring is 4. The first kappa shape index (κ1) is 45.3. The summed E-state index contributed by atoms with van der Waals surface area (Å²) in [6.07, 6.45) is 0. The average molecular weight is 951 g/mol. The van der Waals surface area contributed by atoms with Crippen molar-refractivity contribution >= 4 is 32.6 Å². The van der Waals surface area contributed by atoms with E-state index in [2.05, 4.69) is 0 Å².